The molecule has 0 amide bonds. The Kier molecular flexibility index (Phi) is 1.83. The molecule has 0 saturated heterocycles. The maximum Gasteiger partial charge on any atom is 0.156 e. The third-order valence-electron chi connectivity index (χ3n) is 2.58. The van der Waals surface area contributed by atoms with Crippen LogP contribution in [0.3, 0.4) is 0 Å². The summed E-state index contributed by atoms with van der Waals surface area (Å²) in [5.74, 6) is 0.274. The molecule has 1 aliphatic rings. The smallest absolute Gasteiger partial charge is 0.156 e. The summed E-state index contributed by atoms with van der Waals surface area (Å²) in [5.41, 5.74) is 4.80. The Balaban J connectivity index is 2.49. The molecule has 0 spiro atoms. The number of anilines is 1. The van der Waals surface area contributed by atoms with Crippen LogP contribution in [0.15, 0.2) is 12.1 Å². The van der Waals surface area contributed by atoms with Crippen LogP contribution in [0.2, 0.25) is 0 Å². The highest BCUT2D eigenvalue weighted by Gasteiger charge is 2.15. The first-order chi connectivity index (χ1) is 6.16. The Morgan fingerprint density at radius 3 is 2.69 bits per heavy atom. The lowest BCUT2D eigenvalue weighted by Crippen LogP contribution is -2.22. The second-order valence-corrected chi connectivity index (χ2v) is 3.66. The van der Waals surface area contributed by atoms with Crippen molar-refractivity contribution in [3.8, 4) is 0 Å². The summed E-state index contributed by atoms with van der Waals surface area (Å²) in [5, 5.41) is 3.13. The molecule has 1 heterocycles. The molecule has 2 heteroatoms. The van der Waals surface area contributed by atoms with E-state index in [1.165, 1.54) is 11.1 Å². The SMILES string of the molecule is Cc1cc2c(cc1C)NCC(=O)C2. The quantitative estimate of drug-likeness (QED) is 0.652. The lowest BCUT2D eigenvalue weighted by Gasteiger charge is -2.18. The number of carbonyl (C=O) groups excluding carboxylic acids is 1. The highest BCUT2D eigenvalue weighted by Crippen LogP contribution is 2.24. The molecule has 2 rings (SSSR count). The summed E-state index contributed by atoms with van der Waals surface area (Å²) in [7, 11) is 0. The maximum atomic E-state index is 11.2. The number of carbonyl (C=O) groups is 1. The van der Waals surface area contributed by atoms with Crippen LogP contribution in [0.1, 0.15) is 16.7 Å². The number of aryl methyl sites for hydroxylation is 2. The fourth-order valence-corrected chi connectivity index (χ4v) is 1.66. The van der Waals surface area contributed by atoms with Gasteiger partial charge < -0.3 is 5.32 Å². The lowest BCUT2D eigenvalue weighted by atomic mass is 9.97. The first-order valence-corrected chi connectivity index (χ1v) is 4.52. The number of benzene rings is 1. The molecule has 1 aromatic rings. The van der Waals surface area contributed by atoms with Crippen LogP contribution in [0, 0.1) is 13.8 Å². The van der Waals surface area contributed by atoms with Crippen molar-refractivity contribution in [1.29, 1.82) is 0 Å². The molecule has 0 atom stereocenters. The molecular formula is C11H13NO. The second-order valence-electron chi connectivity index (χ2n) is 3.66. The fraction of sp³-hybridized carbons (Fsp3) is 0.364. The molecule has 0 radical (unpaired) electrons. The van der Waals surface area contributed by atoms with Crippen molar-refractivity contribution in [3.05, 3.63) is 28.8 Å². The van der Waals surface area contributed by atoms with Crippen LogP contribution in [0.4, 0.5) is 5.69 Å². The zero-order valence-corrected chi connectivity index (χ0v) is 7.98. The highest BCUT2D eigenvalue weighted by molar-refractivity contribution is 5.89. The second kappa shape index (κ2) is 2.87. The Morgan fingerprint density at radius 2 is 1.92 bits per heavy atom. The van der Waals surface area contributed by atoms with E-state index in [-0.39, 0.29) is 5.78 Å². The van der Waals surface area contributed by atoms with E-state index in [4.69, 9.17) is 0 Å². The van der Waals surface area contributed by atoms with Gasteiger partial charge in [0.15, 0.2) is 5.78 Å². The summed E-state index contributed by atoms with van der Waals surface area (Å²) >= 11 is 0. The Labute approximate surface area is 78.0 Å². The molecule has 0 bridgehead atoms. The van der Waals surface area contributed by atoms with E-state index in [0.29, 0.717) is 13.0 Å². The van der Waals surface area contributed by atoms with Crippen LogP contribution >= 0.6 is 0 Å². The molecule has 0 saturated carbocycles. The summed E-state index contributed by atoms with van der Waals surface area (Å²) in [4.78, 5) is 11.2. The average Bonchev–Trinajstić information content (AvgIpc) is 2.08. The van der Waals surface area contributed by atoms with Gasteiger partial charge in [0.25, 0.3) is 0 Å². The molecule has 1 aromatic carbocycles. The molecule has 68 valence electrons. The highest BCUT2D eigenvalue weighted by atomic mass is 16.1. The summed E-state index contributed by atoms with van der Waals surface area (Å²) in [6.07, 6.45) is 0.587. The summed E-state index contributed by atoms with van der Waals surface area (Å²) in [6, 6.07) is 4.23. The molecule has 2 nitrogen and oxygen atoms in total. The zero-order valence-electron chi connectivity index (χ0n) is 7.98. The van der Waals surface area contributed by atoms with Crippen molar-refractivity contribution in [2.45, 2.75) is 20.3 Å². The predicted octanol–water partition coefficient (Wildman–Crippen LogP) is 1.84. The molecule has 13 heavy (non-hydrogen) atoms. The average molecular weight is 175 g/mol. The number of fused-ring (bicyclic) bond motifs is 1. The largest absolute Gasteiger partial charge is 0.378 e. The van der Waals surface area contributed by atoms with Gasteiger partial charge in [-0.15, -0.1) is 0 Å². The molecule has 0 fully saturated rings. The first-order valence-electron chi connectivity index (χ1n) is 4.52. The van der Waals surface area contributed by atoms with E-state index in [9.17, 15) is 4.79 Å². The Hall–Kier alpha value is -1.31. The minimum Gasteiger partial charge on any atom is -0.378 e. The van der Waals surface area contributed by atoms with Gasteiger partial charge in [0.1, 0.15) is 0 Å². The van der Waals surface area contributed by atoms with E-state index in [0.717, 1.165) is 11.3 Å². The monoisotopic (exact) mass is 175 g/mol. The van der Waals surface area contributed by atoms with Gasteiger partial charge in [0.2, 0.25) is 0 Å². The number of hydrogen-bond acceptors (Lipinski definition) is 2. The van der Waals surface area contributed by atoms with Crippen molar-refractivity contribution >= 4 is 11.5 Å². The van der Waals surface area contributed by atoms with Crippen molar-refractivity contribution in [2.75, 3.05) is 11.9 Å². The predicted molar refractivity (Wildman–Crippen MR) is 53.1 cm³/mol. The third kappa shape index (κ3) is 1.44. The Morgan fingerprint density at radius 1 is 1.23 bits per heavy atom. The van der Waals surface area contributed by atoms with Crippen molar-refractivity contribution in [3.63, 3.8) is 0 Å². The van der Waals surface area contributed by atoms with Gasteiger partial charge >= 0.3 is 0 Å². The zero-order chi connectivity index (χ0) is 9.42. The van der Waals surface area contributed by atoms with Crippen molar-refractivity contribution in [1.82, 2.24) is 0 Å². The topological polar surface area (TPSA) is 29.1 Å². The maximum absolute atomic E-state index is 11.2. The molecular weight excluding hydrogens is 162 g/mol. The van der Waals surface area contributed by atoms with E-state index in [1.807, 2.05) is 0 Å². The van der Waals surface area contributed by atoms with Crippen LogP contribution in [-0.4, -0.2) is 12.3 Å². The minimum atomic E-state index is 0.274. The molecule has 0 aromatic heterocycles. The van der Waals surface area contributed by atoms with Crippen molar-refractivity contribution in [2.24, 2.45) is 0 Å². The van der Waals surface area contributed by atoms with Gasteiger partial charge in [-0.1, -0.05) is 6.07 Å². The van der Waals surface area contributed by atoms with E-state index >= 15 is 0 Å². The molecule has 0 aliphatic carbocycles. The van der Waals surface area contributed by atoms with Gasteiger partial charge in [-0.05, 0) is 36.6 Å². The van der Waals surface area contributed by atoms with Gasteiger partial charge in [-0.2, -0.15) is 0 Å². The van der Waals surface area contributed by atoms with Gasteiger partial charge in [-0.25, -0.2) is 0 Å². The minimum absolute atomic E-state index is 0.274. The van der Waals surface area contributed by atoms with Crippen LogP contribution in [-0.2, 0) is 11.2 Å². The standard InChI is InChI=1S/C11H13NO/c1-7-3-9-5-10(13)6-12-11(9)4-8(7)2/h3-4,12H,5-6H2,1-2H3. The van der Waals surface area contributed by atoms with Gasteiger partial charge in [0, 0.05) is 12.1 Å². The number of hydrogen-bond donors (Lipinski definition) is 1. The van der Waals surface area contributed by atoms with Crippen LogP contribution in [0.5, 0.6) is 0 Å². The summed E-state index contributed by atoms with van der Waals surface area (Å²) in [6.45, 7) is 4.65. The number of nitrogens with one attached hydrogen (secondary N) is 1. The lowest BCUT2D eigenvalue weighted by molar-refractivity contribution is -0.117. The van der Waals surface area contributed by atoms with Gasteiger partial charge in [-0.3, -0.25) is 4.79 Å². The Bertz CT molecular complexity index is 369. The number of rotatable bonds is 0. The van der Waals surface area contributed by atoms with E-state index in [1.54, 1.807) is 0 Å². The first kappa shape index (κ1) is 8.30. The molecule has 1 aliphatic heterocycles. The number of ketones is 1. The number of Topliss-reactive ketones (excluding diaryl/α,β-unsaturated/α-hetero) is 1. The summed E-state index contributed by atoms with van der Waals surface area (Å²) < 4.78 is 0. The van der Waals surface area contributed by atoms with Crippen LogP contribution < -0.4 is 5.32 Å². The van der Waals surface area contributed by atoms with Crippen molar-refractivity contribution < 1.29 is 4.79 Å². The molecule has 0 unspecified atom stereocenters. The van der Waals surface area contributed by atoms with Gasteiger partial charge in [0.05, 0.1) is 6.54 Å². The van der Waals surface area contributed by atoms with E-state index in [2.05, 4.69) is 31.3 Å². The van der Waals surface area contributed by atoms with Crippen LogP contribution in [0.25, 0.3) is 0 Å². The molecule has 1 N–H and O–H groups in total. The fourth-order valence-electron chi connectivity index (χ4n) is 1.66. The third-order valence-corrected chi connectivity index (χ3v) is 2.58. The van der Waals surface area contributed by atoms with E-state index < -0.39 is 0 Å². The normalized spacial score (nSPS) is 15.1.